The molecule has 20 heavy (non-hydrogen) atoms. The molecule has 0 amide bonds. The molecule has 0 aliphatic heterocycles. The Morgan fingerprint density at radius 3 is 2.60 bits per heavy atom. The van der Waals surface area contributed by atoms with Gasteiger partial charge in [0, 0.05) is 11.8 Å². The summed E-state index contributed by atoms with van der Waals surface area (Å²) in [6.07, 6.45) is 3.65. The number of nitrogens with zero attached hydrogens (tertiary/aromatic N) is 2. The van der Waals surface area contributed by atoms with Gasteiger partial charge in [-0.3, -0.25) is 0 Å². The van der Waals surface area contributed by atoms with Crippen molar-refractivity contribution in [2.45, 2.75) is 32.9 Å². The molecule has 0 fully saturated rings. The predicted octanol–water partition coefficient (Wildman–Crippen LogP) is 2.96. The molecule has 1 unspecified atom stereocenters. The second-order valence-electron chi connectivity index (χ2n) is 4.87. The number of rotatable bonds is 6. The largest absolute Gasteiger partial charge is 0.491 e. The Balaban J connectivity index is 2.39. The van der Waals surface area contributed by atoms with Crippen LogP contribution in [0.1, 0.15) is 37.9 Å². The molecule has 0 spiro atoms. The summed E-state index contributed by atoms with van der Waals surface area (Å²) in [7, 11) is 0. The predicted molar refractivity (Wildman–Crippen MR) is 79.8 cm³/mol. The Bertz CT molecular complexity index is 528. The number of nitrogens with one attached hydrogen (secondary N) is 1. The summed E-state index contributed by atoms with van der Waals surface area (Å²) >= 11 is 0. The third-order valence-electron chi connectivity index (χ3n) is 2.94. The minimum Gasteiger partial charge on any atom is -0.491 e. The van der Waals surface area contributed by atoms with Crippen LogP contribution in [0.5, 0.6) is 5.75 Å². The van der Waals surface area contributed by atoms with Crippen LogP contribution in [0, 0.1) is 0 Å². The summed E-state index contributed by atoms with van der Waals surface area (Å²) in [5, 5.41) is 11.3. The van der Waals surface area contributed by atoms with Gasteiger partial charge in [0.2, 0.25) is 0 Å². The third-order valence-corrected chi connectivity index (χ3v) is 2.94. The Labute approximate surface area is 120 Å². The minimum atomic E-state index is 0.0606. The zero-order valence-corrected chi connectivity index (χ0v) is 12.2. The van der Waals surface area contributed by atoms with Gasteiger partial charge in [0.1, 0.15) is 5.75 Å². The van der Waals surface area contributed by atoms with Crippen molar-refractivity contribution in [2.24, 2.45) is 0 Å². The first-order valence-corrected chi connectivity index (χ1v) is 6.98. The maximum Gasteiger partial charge on any atom is 0.124 e. The molecule has 0 saturated heterocycles. The molecule has 1 aromatic heterocycles. The number of para-hydroxylation sites is 1. The molecular formula is C16H21N3O. The Morgan fingerprint density at radius 2 is 1.95 bits per heavy atom. The number of ether oxygens (including phenoxy) is 1. The van der Waals surface area contributed by atoms with Crippen LogP contribution >= 0.6 is 0 Å². The maximum atomic E-state index is 5.92. The lowest BCUT2D eigenvalue weighted by molar-refractivity contribution is 0.238. The van der Waals surface area contributed by atoms with Crippen molar-refractivity contribution in [2.75, 3.05) is 6.54 Å². The van der Waals surface area contributed by atoms with Crippen molar-refractivity contribution < 1.29 is 4.74 Å². The fraction of sp³-hybridized carbons (Fsp3) is 0.375. The normalized spacial score (nSPS) is 12.4. The molecular weight excluding hydrogens is 250 g/mol. The topological polar surface area (TPSA) is 47.0 Å². The molecule has 1 atom stereocenters. The zero-order valence-electron chi connectivity index (χ0n) is 12.2. The van der Waals surface area contributed by atoms with Gasteiger partial charge in [0.25, 0.3) is 0 Å². The van der Waals surface area contributed by atoms with Crippen LogP contribution in [0.25, 0.3) is 0 Å². The third kappa shape index (κ3) is 3.54. The summed E-state index contributed by atoms with van der Waals surface area (Å²) in [6, 6.07) is 10.2. The van der Waals surface area contributed by atoms with E-state index in [2.05, 4.69) is 28.5 Å². The lowest BCUT2D eigenvalue weighted by atomic mass is 9.99. The van der Waals surface area contributed by atoms with E-state index in [1.54, 1.807) is 12.4 Å². The van der Waals surface area contributed by atoms with Crippen LogP contribution in [0.2, 0.25) is 0 Å². The molecule has 2 aromatic rings. The highest BCUT2D eigenvalue weighted by atomic mass is 16.5. The van der Waals surface area contributed by atoms with Gasteiger partial charge in [-0.25, -0.2) is 0 Å². The molecule has 0 bridgehead atoms. The Hall–Kier alpha value is -1.94. The van der Waals surface area contributed by atoms with E-state index in [1.165, 1.54) is 0 Å². The van der Waals surface area contributed by atoms with Gasteiger partial charge in [-0.15, -0.1) is 0 Å². The molecule has 0 aliphatic rings. The van der Waals surface area contributed by atoms with Gasteiger partial charge in [-0.1, -0.05) is 25.1 Å². The van der Waals surface area contributed by atoms with E-state index < -0.39 is 0 Å². The highest BCUT2D eigenvalue weighted by Gasteiger charge is 2.18. The molecule has 106 valence electrons. The molecule has 0 radical (unpaired) electrons. The first-order chi connectivity index (χ1) is 9.72. The van der Waals surface area contributed by atoms with E-state index in [0.717, 1.165) is 23.4 Å². The van der Waals surface area contributed by atoms with Gasteiger partial charge in [-0.05, 0) is 38.1 Å². The summed E-state index contributed by atoms with van der Waals surface area (Å²) in [6.45, 7) is 7.02. The lowest BCUT2D eigenvalue weighted by Gasteiger charge is -2.22. The van der Waals surface area contributed by atoms with Gasteiger partial charge in [0.15, 0.2) is 0 Å². The van der Waals surface area contributed by atoms with Crippen LogP contribution in [0.15, 0.2) is 42.7 Å². The van der Waals surface area contributed by atoms with Crippen molar-refractivity contribution in [3.63, 3.8) is 0 Å². The fourth-order valence-electron chi connectivity index (χ4n) is 2.16. The molecule has 4 heteroatoms. The summed E-state index contributed by atoms with van der Waals surface area (Å²) in [5.41, 5.74) is 2.21. The molecule has 0 saturated carbocycles. The van der Waals surface area contributed by atoms with E-state index >= 15 is 0 Å². The number of hydrogen-bond donors (Lipinski definition) is 1. The maximum absolute atomic E-state index is 5.92. The fourth-order valence-corrected chi connectivity index (χ4v) is 2.16. The molecule has 0 aliphatic carbocycles. The summed E-state index contributed by atoms with van der Waals surface area (Å²) in [5.74, 6) is 0.908. The van der Waals surface area contributed by atoms with Crippen LogP contribution in [-0.2, 0) is 0 Å². The molecule has 1 N–H and O–H groups in total. The molecule has 2 rings (SSSR count). The first kappa shape index (κ1) is 14.5. The Kier molecular flexibility index (Phi) is 5.07. The van der Waals surface area contributed by atoms with Gasteiger partial charge < -0.3 is 10.1 Å². The molecule has 4 nitrogen and oxygen atoms in total. The van der Waals surface area contributed by atoms with E-state index in [-0.39, 0.29) is 12.1 Å². The monoisotopic (exact) mass is 271 g/mol. The minimum absolute atomic E-state index is 0.0606. The zero-order chi connectivity index (χ0) is 14.4. The van der Waals surface area contributed by atoms with Gasteiger partial charge in [-0.2, -0.15) is 10.2 Å². The Morgan fingerprint density at radius 1 is 1.15 bits per heavy atom. The highest BCUT2D eigenvalue weighted by molar-refractivity contribution is 5.40. The summed E-state index contributed by atoms with van der Waals surface area (Å²) < 4.78 is 5.92. The van der Waals surface area contributed by atoms with Crippen molar-refractivity contribution >= 4 is 0 Å². The molecule has 1 aromatic carbocycles. The van der Waals surface area contributed by atoms with Gasteiger partial charge in [0.05, 0.1) is 18.3 Å². The van der Waals surface area contributed by atoms with Crippen molar-refractivity contribution in [3.05, 3.63) is 53.9 Å². The number of hydrogen-bond acceptors (Lipinski definition) is 4. The van der Waals surface area contributed by atoms with Crippen LogP contribution in [-0.4, -0.2) is 22.8 Å². The van der Waals surface area contributed by atoms with Crippen molar-refractivity contribution in [1.29, 1.82) is 0 Å². The quantitative estimate of drug-likeness (QED) is 0.877. The highest BCUT2D eigenvalue weighted by Crippen LogP contribution is 2.30. The lowest BCUT2D eigenvalue weighted by Crippen LogP contribution is -2.23. The number of benzene rings is 1. The van der Waals surface area contributed by atoms with Crippen LogP contribution in [0.4, 0.5) is 0 Å². The van der Waals surface area contributed by atoms with E-state index in [1.807, 2.05) is 38.1 Å². The average molecular weight is 271 g/mol. The second kappa shape index (κ2) is 7.01. The first-order valence-electron chi connectivity index (χ1n) is 6.98. The van der Waals surface area contributed by atoms with Gasteiger partial charge >= 0.3 is 0 Å². The van der Waals surface area contributed by atoms with E-state index in [9.17, 15) is 0 Å². The second-order valence-corrected chi connectivity index (χ2v) is 4.87. The van der Waals surface area contributed by atoms with Crippen molar-refractivity contribution in [1.82, 2.24) is 15.5 Å². The van der Waals surface area contributed by atoms with Crippen LogP contribution < -0.4 is 10.1 Å². The average Bonchev–Trinajstić information content (AvgIpc) is 2.46. The molecule has 1 heterocycles. The number of aromatic nitrogens is 2. The smallest absolute Gasteiger partial charge is 0.124 e. The van der Waals surface area contributed by atoms with Crippen LogP contribution in [0.3, 0.4) is 0 Å². The summed E-state index contributed by atoms with van der Waals surface area (Å²) in [4.78, 5) is 0. The standard InChI is InChI=1S/C16H21N3O/c1-4-17-16(13-9-10-18-19-11-13)14-7-5-6-8-15(14)20-12(2)3/h5-12,16-17H,4H2,1-3H3. The van der Waals surface area contributed by atoms with E-state index in [4.69, 9.17) is 4.74 Å². The van der Waals surface area contributed by atoms with E-state index in [0.29, 0.717) is 0 Å². The van der Waals surface area contributed by atoms with Crippen molar-refractivity contribution in [3.8, 4) is 5.75 Å². The SMILES string of the molecule is CCNC(c1ccnnc1)c1ccccc1OC(C)C.